The van der Waals surface area contributed by atoms with Crippen molar-refractivity contribution in [1.82, 2.24) is 9.97 Å². The zero-order valence-corrected chi connectivity index (χ0v) is 11.7. The molecule has 2 rings (SSSR count). The lowest BCUT2D eigenvalue weighted by atomic mass is 10.1. The van der Waals surface area contributed by atoms with Crippen LogP contribution in [0, 0.1) is 0 Å². The fourth-order valence-corrected chi connectivity index (χ4v) is 1.91. The van der Waals surface area contributed by atoms with Gasteiger partial charge in [0.1, 0.15) is 5.82 Å². The summed E-state index contributed by atoms with van der Waals surface area (Å²) in [5.41, 5.74) is 2.06. The second kappa shape index (κ2) is 6.27. The summed E-state index contributed by atoms with van der Waals surface area (Å²) in [6.45, 7) is 7.25. The van der Waals surface area contributed by atoms with Gasteiger partial charge >= 0.3 is 0 Å². The number of benzene rings is 1. The van der Waals surface area contributed by atoms with Gasteiger partial charge in [-0.25, -0.2) is 4.98 Å². The molecule has 0 radical (unpaired) electrons. The van der Waals surface area contributed by atoms with E-state index in [1.54, 1.807) is 0 Å². The molecule has 102 valence electrons. The summed E-state index contributed by atoms with van der Waals surface area (Å²) in [6.07, 6.45) is 2.75. The molecule has 0 amide bonds. The van der Waals surface area contributed by atoms with Crippen molar-refractivity contribution < 1.29 is 9.47 Å². The van der Waals surface area contributed by atoms with Gasteiger partial charge in [-0.05, 0) is 32.0 Å². The number of imidazole rings is 1. The molecule has 0 spiro atoms. The molecule has 0 fully saturated rings. The van der Waals surface area contributed by atoms with Crippen LogP contribution in [0.15, 0.2) is 24.4 Å². The van der Waals surface area contributed by atoms with Gasteiger partial charge in [-0.3, -0.25) is 0 Å². The van der Waals surface area contributed by atoms with E-state index in [0.29, 0.717) is 13.2 Å². The maximum absolute atomic E-state index is 5.63. The summed E-state index contributed by atoms with van der Waals surface area (Å²) in [5, 5.41) is 0. The van der Waals surface area contributed by atoms with Crippen LogP contribution >= 0.6 is 0 Å². The SMILES string of the molecule is CCOc1ccc(-c2cnc(CC)[nH]2)cc1OCC. The van der Waals surface area contributed by atoms with Crippen LogP contribution in [0.5, 0.6) is 11.5 Å². The highest BCUT2D eigenvalue weighted by Crippen LogP contribution is 2.32. The zero-order chi connectivity index (χ0) is 13.7. The van der Waals surface area contributed by atoms with Crippen molar-refractivity contribution >= 4 is 0 Å². The Labute approximate surface area is 113 Å². The highest BCUT2D eigenvalue weighted by atomic mass is 16.5. The van der Waals surface area contributed by atoms with E-state index in [1.807, 2.05) is 38.2 Å². The molecule has 0 unspecified atom stereocenters. The lowest BCUT2D eigenvalue weighted by Crippen LogP contribution is -1.98. The van der Waals surface area contributed by atoms with Gasteiger partial charge < -0.3 is 14.5 Å². The summed E-state index contributed by atoms with van der Waals surface area (Å²) >= 11 is 0. The number of aromatic amines is 1. The van der Waals surface area contributed by atoms with Crippen LogP contribution in [0.25, 0.3) is 11.3 Å². The second-order valence-corrected chi connectivity index (χ2v) is 4.12. The Morgan fingerprint density at radius 1 is 1.05 bits per heavy atom. The number of ether oxygens (including phenoxy) is 2. The number of rotatable bonds is 6. The van der Waals surface area contributed by atoms with Crippen LogP contribution in [0.2, 0.25) is 0 Å². The molecular weight excluding hydrogens is 240 g/mol. The van der Waals surface area contributed by atoms with Crippen molar-refractivity contribution in [2.24, 2.45) is 0 Å². The van der Waals surface area contributed by atoms with E-state index in [1.165, 1.54) is 0 Å². The monoisotopic (exact) mass is 260 g/mol. The Kier molecular flexibility index (Phi) is 4.44. The normalized spacial score (nSPS) is 10.5. The summed E-state index contributed by atoms with van der Waals surface area (Å²) in [4.78, 5) is 7.61. The van der Waals surface area contributed by atoms with Crippen LogP contribution in [0.4, 0.5) is 0 Å². The first-order valence-electron chi connectivity index (χ1n) is 6.72. The maximum Gasteiger partial charge on any atom is 0.161 e. The minimum absolute atomic E-state index is 0.618. The summed E-state index contributed by atoms with van der Waals surface area (Å²) in [5.74, 6) is 2.54. The molecule has 0 saturated carbocycles. The minimum atomic E-state index is 0.618. The molecule has 0 saturated heterocycles. The van der Waals surface area contributed by atoms with Gasteiger partial charge in [0.25, 0.3) is 0 Å². The van der Waals surface area contributed by atoms with E-state index in [2.05, 4.69) is 16.9 Å². The Balaban J connectivity index is 2.33. The first-order valence-corrected chi connectivity index (χ1v) is 6.72. The van der Waals surface area contributed by atoms with Crippen molar-refractivity contribution in [2.45, 2.75) is 27.2 Å². The molecule has 1 heterocycles. The minimum Gasteiger partial charge on any atom is -0.490 e. The Bertz CT molecular complexity index is 535. The smallest absolute Gasteiger partial charge is 0.161 e. The maximum atomic E-state index is 5.63. The van der Waals surface area contributed by atoms with E-state index in [0.717, 1.165) is 35.0 Å². The summed E-state index contributed by atoms with van der Waals surface area (Å²) in [6, 6.07) is 5.94. The average molecular weight is 260 g/mol. The topological polar surface area (TPSA) is 47.1 Å². The van der Waals surface area contributed by atoms with Crippen LogP contribution < -0.4 is 9.47 Å². The number of hydrogen-bond acceptors (Lipinski definition) is 3. The summed E-state index contributed by atoms with van der Waals surface area (Å²) in [7, 11) is 0. The van der Waals surface area contributed by atoms with E-state index in [4.69, 9.17) is 9.47 Å². The number of aryl methyl sites for hydroxylation is 1. The Hall–Kier alpha value is -1.97. The van der Waals surface area contributed by atoms with Crippen molar-refractivity contribution in [3.63, 3.8) is 0 Å². The third-order valence-corrected chi connectivity index (χ3v) is 2.82. The van der Waals surface area contributed by atoms with E-state index in [9.17, 15) is 0 Å². The van der Waals surface area contributed by atoms with Gasteiger partial charge in [0.2, 0.25) is 0 Å². The molecule has 19 heavy (non-hydrogen) atoms. The van der Waals surface area contributed by atoms with Crippen molar-refractivity contribution in [2.75, 3.05) is 13.2 Å². The quantitative estimate of drug-likeness (QED) is 0.865. The van der Waals surface area contributed by atoms with E-state index in [-0.39, 0.29) is 0 Å². The Morgan fingerprint density at radius 2 is 1.79 bits per heavy atom. The number of nitrogens with one attached hydrogen (secondary N) is 1. The number of nitrogens with zero attached hydrogens (tertiary/aromatic N) is 1. The standard InChI is InChI=1S/C15H20N2O2/c1-4-15-16-10-12(17-15)11-7-8-13(18-5-2)14(9-11)19-6-3/h7-10H,4-6H2,1-3H3,(H,16,17). The lowest BCUT2D eigenvalue weighted by molar-refractivity contribution is 0.288. The summed E-state index contributed by atoms with van der Waals surface area (Å²) < 4.78 is 11.2. The molecule has 1 aromatic carbocycles. The van der Waals surface area contributed by atoms with Crippen molar-refractivity contribution in [3.8, 4) is 22.8 Å². The number of H-pyrrole nitrogens is 1. The molecule has 4 heteroatoms. The average Bonchev–Trinajstić information content (AvgIpc) is 2.90. The van der Waals surface area contributed by atoms with Crippen LogP contribution in [0.3, 0.4) is 0 Å². The molecule has 1 aromatic heterocycles. The molecule has 0 aliphatic carbocycles. The number of aromatic nitrogens is 2. The highest BCUT2D eigenvalue weighted by molar-refractivity contribution is 5.63. The van der Waals surface area contributed by atoms with E-state index >= 15 is 0 Å². The molecular formula is C15H20N2O2. The number of hydrogen-bond donors (Lipinski definition) is 1. The van der Waals surface area contributed by atoms with Gasteiger partial charge in [0.05, 0.1) is 25.1 Å². The highest BCUT2D eigenvalue weighted by Gasteiger charge is 2.09. The first kappa shape index (κ1) is 13.5. The van der Waals surface area contributed by atoms with Gasteiger partial charge in [-0.2, -0.15) is 0 Å². The third kappa shape index (κ3) is 3.08. The van der Waals surface area contributed by atoms with Crippen LogP contribution in [0.1, 0.15) is 26.6 Å². The van der Waals surface area contributed by atoms with Crippen molar-refractivity contribution in [3.05, 3.63) is 30.2 Å². The molecule has 0 atom stereocenters. The fraction of sp³-hybridized carbons (Fsp3) is 0.400. The Morgan fingerprint density at radius 3 is 2.42 bits per heavy atom. The molecule has 1 N–H and O–H groups in total. The van der Waals surface area contributed by atoms with Gasteiger partial charge in [-0.1, -0.05) is 6.92 Å². The van der Waals surface area contributed by atoms with Gasteiger partial charge in [-0.15, -0.1) is 0 Å². The fourth-order valence-electron chi connectivity index (χ4n) is 1.91. The second-order valence-electron chi connectivity index (χ2n) is 4.12. The third-order valence-electron chi connectivity index (χ3n) is 2.82. The lowest BCUT2D eigenvalue weighted by Gasteiger charge is -2.11. The van der Waals surface area contributed by atoms with Gasteiger partial charge in [0, 0.05) is 12.0 Å². The van der Waals surface area contributed by atoms with Crippen LogP contribution in [-0.2, 0) is 6.42 Å². The molecule has 0 aliphatic rings. The molecule has 2 aromatic rings. The predicted octanol–water partition coefficient (Wildman–Crippen LogP) is 3.44. The van der Waals surface area contributed by atoms with Crippen molar-refractivity contribution in [1.29, 1.82) is 0 Å². The predicted molar refractivity (Wildman–Crippen MR) is 75.7 cm³/mol. The largest absolute Gasteiger partial charge is 0.490 e. The van der Waals surface area contributed by atoms with Gasteiger partial charge in [0.15, 0.2) is 11.5 Å². The molecule has 0 bridgehead atoms. The first-order chi connectivity index (χ1) is 9.28. The van der Waals surface area contributed by atoms with Crippen LogP contribution in [-0.4, -0.2) is 23.2 Å². The zero-order valence-electron chi connectivity index (χ0n) is 11.7. The molecule has 4 nitrogen and oxygen atoms in total. The van der Waals surface area contributed by atoms with E-state index < -0.39 is 0 Å². The molecule has 0 aliphatic heterocycles.